The van der Waals surface area contributed by atoms with Gasteiger partial charge in [-0.2, -0.15) is 4.98 Å². The number of aromatic nitrogens is 4. The fourth-order valence-electron chi connectivity index (χ4n) is 1.04. The average molecular weight is 177 g/mol. The molecule has 2 heterocycles. The molecule has 5 heteroatoms. The van der Waals surface area contributed by atoms with Gasteiger partial charge >= 0.3 is 0 Å². The van der Waals surface area contributed by atoms with Crippen LogP contribution in [-0.4, -0.2) is 26.1 Å². The van der Waals surface area contributed by atoms with Crippen molar-refractivity contribution in [2.45, 2.75) is 13.3 Å². The predicted octanol–water partition coefficient (Wildman–Crippen LogP) is 0.946. The number of nitrogens with one attached hydrogen (secondary N) is 1. The van der Waals surface area contributed by atoms with E-state index in [2.05, 4.69) is 27.3 Å². The summed E-state index contributed by atoms with van der Waals surface area (Å²) < 4.78 is 1.65. The summed E-state index contributed by atoms with van der Waals surface area (Å²) in [6.45, 7) is 2.98. The van der Waals surface area contributed by atoms with Gasteiger partial charge in [0.25, 0.3) is 5.78 Å². The molecule has 0 radical (unpaired) electrons. The molecule has 0 spiro atoms. The van der Waals surface area contributed by atoms with Gasteiger partial charge in [-0.15, -0.1) is 5.10 Å². The highest BCUT2D eigenvalue weighted by molar-refractivity contribution is 5.35. The molecule has 0 bridgehead atoms. The highest BCUT2D eigenvalue weighted by atomic mass is 15.4. The number of rotatable bonds is 3. The molecular formula is C8H11N5. The summed E-state index contributed by atoms with van der Waals surface area (Å²) in [4.78, 5) is 8.24. The van der Waals surface area contributed by atoms with E-state index in [9.17, 15) is 0 Å². The zero-order valence-corrected chi connectivity index (χ0v) is 7.44. The van der Waals surface area contributed by atoms with Crippen LogP contribution in [0.2, 0.25) is 0 Å². The zero-order valence-electron chi connectivity index (χ0n) is 7.44. The van der Waals surface area contributed by atoms with Crippen molar-refractivity contribution in [1.82, 2.24) is 19.6 Å². The van der Waals surface area contributed by atoms with Crippen LogP contribution in [0.15, 0.2) is 18.5 Å². The Bertz CT molecular complexity index is 361. The molecule has 2 rings (SSSR count). The normalized spacial score (nSPS) is 10.5. The largest absolute Gasteiger partial charge is 0.353 e. The van der Waals surface area contributed by atoms with Crippen LogP contribution in [0.4, 0.5) is 5.95 Å². The van der Waals surface area contributed by atoms with Crippen LogP contribution in [0, 0.1) is 0 Å². The third-order valence-electron chi connectivity index (χ3n) is 1.65. The Morgan fingerprint density at radius 1 is 1.54 bits per heavy atom. The molecular weight excluding hydrogens is 166 g/mol. The highest BCUT2D eigenvalue weighted by Gasteiger charge is 2.00. The van der Waals surface area contributed by atoms with E-state index in [1.807, 2.05) is 12.3 Å². The van der Waals surface area contributed by atoms with Crippen LogP contribution >= 0.6 is 0 Å². The molecule has 0 unspecified atom stereocenters. The quantitative estimate of drug-likeness (QED) is 0.758. The van der Waals surface area contributed by atoms with E-state index in [1.165, 1.54) is 0 Å². The van der Waals surface area contributed by atoms with Crippen LogP contribution in [-0.2, 0) is 0 Å². The highest BCUT2D eigenvalue weighted by Crippen LogP contribution is 2.00. The van der Waals surface area contributed by atoms with Gasteiger partial charge < -0.3 is 5.32 Å². The third-order valence-corrected chi connectivity index (χ3v) is 1.65. The van der Waals surface area contributed by atoms with Crippen LogP contribution in [0.5, 0.6) is 0 Å². The topological polar surface area (TPSA) is 55.1 Å². The summed E-state index contributed by atoms with van der Waals surface area (Å²) >= 11 is 0. The molecule has 5 nitrogen and oxygen atoms in total. The monoisotopic (exact) mass is 177 g/mol. The van der Waals surface area contributed by atoms with Gasteiger partial charge in [0.05, 0.1) is 0 Å². The number of hydrogen-bond donors (Lipinski definition) is 1. The second kappa shape index (κ2) is 3.38. The Morgan fingerprint density at radius 2 is 2.46 bits per heavy atom. The molecule has 0 saturated carbocycles. The van der Waals surface area contributed by atoms with Crippen molar-refractivity contribution < 1.29 is 0 Å². The lowest BCUT2D eigenvalue weighted by Crippen LogP contribution is -2.01. The van der Waals surface area contributed by atoms with E-state index in [1.54, 1.807) is 10.7 Å². The lowest BCUT2D eigenvalue weighted by atomic mass is 10.5. The maximum Gasteiger partial charge on any atom is 0.253 e. The summed E-state index contributed by atoms with van der Waals surface area (Å²) in [7, 11) is 0. The molecule has 13 heavy (non-hydrogen) atoms. The van der Waals surface area contributed by atoms with Crippen LogP contribution in [0.3, 0.4) is 0 Å². The minimum absolute atomic E-state index is 0.626. The summed E-state index contributed by atoms with van der Waals surface area (Å²) in [5.74, 6) is 1.27. The van der Waals surface area contributed by atoms with Gasteiger partial charge in [0, 0.05) is 18.9 Å². The van der Waals surface area contributed by atoms with Crippen molar-refractivity contribution in [3.8, 4) is 0 Å². The van der Waals surface area contributed by atoms with E-state index in [0.29, 0.717) is 11.7 Å². The first-order valence-electron chi connectivity index (χ1n) is 4.31. The van der Waals surface area contributed by atoms with Crippen LogP contribution < -0.4 is 5.32 Å². The Hall–Kier alpha value is -1.65. The third kappa shape index (κ3) is 1.58. The summed E-state index contributed by atoms with van der Waals surface area (Å²) in [6.07, 6.45) is 4.59. The van der Waals surface area contributed by atoms with Crippen molar-refractivity contribution in [3.05, 3.63) is 18.5 Å². The van der Waals surface area contributed by atoms with Crippen molar-refractivity contribution in [1.29, 1.82) is 0 Å². The molecule has 0 amide bonds. The predicted molar refractivity (Wildman–Crippen MR) is 49.6 cm³/mol. The lowest BCUT2D eigenvalue weighted by Gasteiger charge is -1.94. The molecule has 0 atom stereocenters. The van der Waals surface area contributed by atoms with Gasteiger partial charge in [-0.3, -0.25) is 0 Å². The summed E-state index contributed by atoms with van der Waals surface area (Å²) in [5, 5.41) is 7.28. The average Bonchev–Trinajstić information content (AvgIpc) is 2.57. The number of anilines is 1. The second-order valence-electron chi connectivity index (χ2n) is 2.73. The first-order valence-corrected chi connectivity index (χ1v) is 4.31. The zero-order chi connectivity index (χ0) is 9.10. The first-order chi connectivity index (χ1) is 6.40. The van der Waals surface area contributed by atoms with Gasteiger partial charge in [-0.25, -0.2) is 9.50 Å². The Labute approximate surface area is 75.8 Å². The fourth-order valence-corrected chi connectivity index (χ4v) is 1.04. The minimum Gasteiger partial charge on any atom is -0.353 e. The van der Waals surface area contributed by atoms with Crippen LogP contribution in [0.1, 0.15) is 13.3 Å². The molecule has 68 valence electrons. The van der Waals surface area contributed by atoms with E-state index in [0.717, 1.165) is 13.0 Å². The molecule has 0 aliphatic carbocycles. The Kier molecular flexibility index (Phi) is 2.08. The van der Waals surface area contributed by atoms with Gasteiger partial charge in [-0.05, 0) is 12.5 Å². The SMILES string of the molecule is CCCNc1nc2ncccn2n1. The van der Waals surface area contributed by atoms with E-state index in [-0.39, 0.29) is 0 Å². The van der Waals surface area contributed by atoms with E-state index >= 15 is 0 Å². The number of fused-ring (bicyclic) bond motifs is 1. The standard InChI is InChI=1S/C8H11N5/c1-2-4-9-7-11-8-10-5-3-6-13(8)12-7/h3,5-6H,2,4H2,1H3,(H,9,12). The minimum atomic E-state index is 0.626. The van der Waals surface area contributed by atoms with E-state index in [4.69, 9.17) is 0 Å². The molecule has 0 aliphatic heterocycles. The molecule has 1 N–H and O–H groups in total. The van der Waals surface area contributed by atoms with Crippen molar-refractivity contribution in [2.75, 3.05) is 11.9 Å². The Morgan fingerprint density at radius 3 is 3.23 bits per heavy atom. The van der Waals surface area contributed by atoms with Crippen LogP contribution in [0.25, 0.3) is 5.78 Å². The van der Waals surface area contributed by atoms with Gasteiger partial charge in [0.1, 0.15) is 0 Å². The van der Waals surface area contributed by atoms with Gasteiger partial charge in [0.2, 0.25) is 5.95 Å². The smallest absolute Gasteiger partial charge is 0.253 e. The molecule has 0 saturated heterocycles. The Balaban J connectivity index is 2.28. The molecule has 0 fully saturated rings. The lowest BCUT2D eigenvalue weighted by molar-refractivity contribution is 0.916. The molecule has 2 aromatic heterocycles. The van der Waals surface area contributed by atoms with Crippen molar-refractivity contribution in [2.24, 2.45) is 0 Å². The fraction of sp³-hybridized carbons (Fsp3) is 0.375. The molecule has 0 aromatic carbocycles. The number of nitrogens with zero attached hydrogens (tertiary/aromatic N) is 4. The second-order valence-corrected chi connectivity index (χ2v) is 2.73. The summed E-state index contributed by atoms with van der Waals surface area (Å²) in [5.41, 5.74) is 0. The molecule has 2 aromatic rings. The summed E-state index contributed by atoms with van der Waals surface area (Å²) in [6, 6.07) is 1.82. The van der Waals surface area contributed by atoms with Crippen molar-refractivity contribution in [3.63, 3.8) is 0 Å². The van der Waals surface area contributed by atoms with Gasteiger partial charge in [-0.1, -0.05) is 6.92 Å². The first kappa shape index (κ1) is 7.97. The molecule has 0 aliphatic rings. The van der Waals surface area contributed by atoms with E-state index < -0.39 is 0 Å². The maximum absolute atomic E-state index is 4.18. The number of hydrogen-bond acceptors (Lipinski definition) is 4. The van der Waals surface area contributed by atoms with Gasteiger partial charge in [0.15, 0.2) is 0 Å². The van der Waals surface area contributed by atoms with Crippen molar-refractivity contribution >= 4 is 11.7 Å². The maximum atomic E-state index is 4.18.